The highest BCUT2D eigenvalue weighted by Crippen LogP contribution is 2.38. The molecule has 1 aromatic heterocycles. The van der Waals surface area contributed by atoms with E-state index in [1.54, 1.807) is 7.11 Å². The lowest BCUT2D eigenvalue weighted by molar-refractivity contribution is 0.146. The Hall–Kier alpha value is -2.89. The number of methoxy groups -OCH3 is 1. The van der Waals surface area contributed by atoms with Crippen molar-refractivity contribution in [1.82, 2.24) is 10.3 Å². The van der Waals surface area contributed by atoms with Crippen LogP contribution in [0.25, 0.3) is 22.4 Å². The van der Waals surface area contributed by atoms with Crippen molar-refractivity contribution in [1.29, 1.82) is 0 Å². The molecule has 2 aliphatic rings. The van der Waals surface area contributed by atoms with Crippen LogP contribution in [0.1, 0.15) is 28.7 Å². The Morgan fingerprint density at radius 3 is 2.74 bits per heavy atom. The van der Waals surface area contributed by atoms with Gasteiger partial charge in [0.2, 0.25) is 0 Å². The molecular formula is C26H28N2O3. The van der Waals surface area contributed by atoms with Gasteiger partial charge in [0, 0.05) is 19.2 Å². The maximum atomic E-state index is 13.4. The predicted octanol–water partition coefficient (Wildman–Crippen LogP) is 3.87. The molecule has 2 heterocycles. The third kappa shape index (κ3) is 3.80. The van der Waals surface area contributed by atoms with Gasteiger partial charge in [-0.3, -0.25) is 4.79 Å². The van der Waals surface area contributed by atoms with Crippen LogP contribution in [0.2, 0.25) is 0 Å². The molecule has 0 saturated carbocycles. The van der Waals surface area contributed by atoms with Gasteiger partial charge in [0.15, 0.2) is 0 Å². The summed E-state index contributed by atoms with van der Waals surface area (Å²) in [4.78, 5) is 16.6. The molecule has 1 aliphatic carbocycles. The summed E-state index contributed by atoms with van der Waals surface area (Å²) >= 11 is 0. The highest BCUT2D eigenvalue weighted by Gasteiger charge is 2.25. The topological polar surface area (TPSA) is 63.4 Å². The molecule has 31 heavy (non-hydrogen) atoms. The summed E-state index contributed by atoms with van der Waals surface area (Å²) in [5, 5.41) is 3.42. The fourth-order valence-electron chi connectivity index (χ4n) is 4.88. The second kappa shape index (κ2) is 8.69. The van der Waals surface area contributed by atoms with E-state index in [-0.39, 0.29) is 5.56 Å². The number of hydrogen-bond donors (Lipinski definition) is 2. The molecule has 3 aromatic rings. The standard InChI is InChI=1S/C26H28N2O3/c1-30-13-14-31-23-8-3-2-5-22(23)24-20-6-4-7-21(20)25(28-26(24)29)18-9-10-19-16-27-12-11-17(19)15-18/h2-3,5,8-10,15,27H,4,6-7,11-14,16H2,1H3,(H,28,29). The maximum absolute atomic E-state index is 13.4. The van der Waals surface area contributed by atoms with Crippen LogP contribution in [0.3, 0.4) is 0 Å². The van der Waals surface area contributed by atoms with Gasteiger partial charge < -0.3 is 19.8 Å². The van der Waals surface area contributed by atoms with Crippen molar-refractivity contribution in [2.24, 2.45) is 0 Å². The SMILES string of the molecule is COCCOc1ccccc1-c1c2c(c(-c3ccc4c(c3)CCNC4)[nH]c1=O)CCC2. The van der Waals surface area contributed by atoms with E-state index in [0.29, 0.717) is 13.2 Å². The lowest BCUT2D eigenvalue weighted by Crippen LogP contribution is -2.23. The van der Waals surface area contributed by atoms with Crippen LogP contribution in [-0.4, -0.2) is 31.9 Å². The molecule has 0 spiro atoms. The van der Waals surface area contributed by atoms with Gasteiger partial charge in [0.1, 0.15) is 12.4 Å². The zero-order valence-electron chi connectivity index (χ0n) is 17.9. The van der Waals surface area contributed by atoms with Crippen LogP contribution in [0, 0.1) is 0 Å². The zero-order valence-corrected chi connectivity index (χ0v) is 17.9. The number of aromatic nitrogens is 1. The van der Waals surface area contributed by atoms with E-state index in [9.17, 15) is 4.79 Å². The summed E-state index contributed by atoms with van der Waals surface area (Å²) in [5.74, 6) is 0.730. The van der Waals surface area contributed by atoms with Crippen LogP contribution >= 0.6 is 0 Å². The van der Waals surface area contributed by atoms with Gasteiger partial charge >= 0.3 is 0 Å². The smallest absolute Gasteiger partial charge is 0.256 e. The first-order chi connectivity index (χ1) is 15.3. The number of fused-ring (bicyclic) bond motifs is 2. The Balaban J connectivity index is 1.61. The van der Waals surface area contributed by atoms with Crippen molar-refractivity contribution in [2.45, 2.75) is 32.2 Å². The lowest BCUT2D eigenvalue weighted by atomic mass is 9.92. The van der Waals surface area contributed by atoms with Crippen LogP contribution in [0.15, 0.2) is 47.3 Å². The minimum Gasteiger partial charge on any atom is -0.491 e. The number of benzene rings is 2. The third-order valence-electron chi connectivity index (χ3n) is 6.37. The molecule has 5 rings (SSSR count). The van der Waals surface area contributed by atoms with Crippen molar-refractivity contribution < 1.29 is 9.47 Å². The average molecular weight is 417 g/mol. The predicted molar refractivity (Wildman–Crippen MR) is 123 cm³/mol. The Labute approximate surface area is 182 Å². The van der Waals surface area contributed by atoms with Gasteiger partial charge in [0.05, 0.1) is 17.9 Å². The molecule has 5 heteroatoms. The Bertz CT molecular complexity index is 1170. The average Bonchev–Trinajstić information content (AvgIpc) is 3.28. The number of H-pyrrole nitrogens is 1. The van der Waals surface area contributed by atoms with Gasteiger partial charge in [-0.15, -0.1) is 0 Å². The Morgan fingerprint density at radius 1 is 0.968 bits per heavy atom. The van der Waals surface area contributed by atoms with E-state index in [1.807, 2.05) is 24.3 Å². The highest BCUT2D eigenvalue weighted by atomic mass is 16.5. The maximum Gasteiger partial charge on any atom is 0.256 e. The number of ether oxygens (including phenoxy) is 2. The molecule has 0 fully saturated rings. The van der Waals surface area contributed by atoms with Gasteiger partial charge in [-0.05, 0) is 72.2 Å². The van der Waals surface area contributed by atoms with Crippen LogP contribution in [0.4, 0.5) is 0 Å². The van der Waals surface area contributed by atoms with Crippen molar-refractivity contribution in [3.63, 3.8) is 0 Å². The fraction of sp³-hybridized carbons (Fsp3) is 0.346. The van der Waals surface area contributed by atoms with Gasteiger partial charge in [-0.2, -0.15) is 0 Å². The molecular weight excluding hydrogens is 388 g/mol. The lowest BCUT2D eigenvalue weighted by Gasteiger charge is -2.19. The largest absolute Gasteiger partial charge is 0.491 e. The molecule has 0 saturated heterocycles. The van der Waals surface area contributed by atoms with E-state index in [2.05, 4.69) is 28.5 Å². The second-order valence-corrected chi connectivity index (χ2v) is 8.26. The van der Waals surface area contributed by atoms with Gasteiger partial charge in [-0.25, -0.2) is 0 Å². The second-order valence-electron chi connectivity index (χ2n) is 8.26. The van der Waals surface area contributed by atoms with Crippen molar-refractivity contribution >= 4 is 0 Å². The zero-order chi connectivity index (χ0) is 21.2. The molecule has 5 nitrogen and oxygen atoms in total. The fourth-order valence-corrected chi connectivity index (χ4v) is 4.88. The molecule has 2 aromatic carbocycles. The summed E-state index contributed by atoms with van der Waals surface area (Å²) in [6.07, 6.45) is 4.00. The highest BCUT2D eigenvalue weighted by molar-refractivity contribution is 5.78. The van der Waals surface area contributed by atoms with E-state index in [4.69, 9.17) is 9.47 Å². The number of nitrogens with one attached hydrogen (secondary N) is 2. The van der Waals surface area contributed by atoms with E-state index < -0.39 is 0 Å². The van der Waals surface area contributed by atoms with Gasteiger partial charge in [-0.1, -0.05) is 30.3 Å². The summed E-state index contributed by atoms with van der Waals surface area (Å²) in [6.45, 7) is 2.89. The quantitative estimate of drug-likeness (QED) is 0.599. The van der Waals surface area contributed by atoms with Crippen molar-refractivity contribution in [2.75, 3.05) is 26.9 Å². The van der Waals surface area contributed by atoms with Crippen molar-refractivity contribution in [3.8, 4) is 28.1 Å². The van der Waals surface area contributed by atoms with Crippen LogP contribution < -0.4 is 15.6 Å². The number of para-hydroxylation sites is 1. The van der Waals surface area contributed by atoms with E-state index >= 15 is 0 Å². The molecule has 0 bridgehead atoms. The van der Waals surface area contributed by atoms with E-state index in [1.165, 1.54) is 22.3 Å². The van der Waals surface area contributed by atoms with Gasteiger partial charge in [0.25, 0.3) is 5.56 Å². The summed E-state index contributed by atoms with van der Waals surface area (Å²) in [7, 11) is 1.66. The third-order valence-corrected chi connectivity index (χ3v) is 6.37. The summed E-state index contributed by atoms with van der Waals surface area (Å²) in [5.41, 5.74) is 8.85. The van der Waals surface area contributed by atoms with Crippen molar-refractivity contribution in [3.05, 3.63) is 75.1 Å². The summed E-state index contributed by atoms with van der Waals surface area (Å²) < 4.78 is 11.1. The number of aromatic amines is 1. The first-order valence-electron chi connectivity index (χ1n) is 11.1. The molecule has 160 valence electrons. The van der Waals surface area contributed by atoms with Crippen LogP contribution in [0.5, 0.6) is 5.75 Å². The van der Waals surface area contributed by atoms with E-state index in [0.717, 1.165) is 66.9 Å². The minimum atomic E-state index is -0.0437. The first kappa shape index (κ1) is 20.0. The number of rotatable bonds is 6. The normalized spacial score (nSPS) is 14.9. The summed E-state index contributed by atoms with van der Waals surface area (Å²) in [6, 6.07) is 14.4. The molecule has 0 amide bonds. The number of pyridine rings is 1. The Morgan fingerprint density at radius 2 is 1.84 bits per heavy atom. The van der Waals surface area contributed by atoms with Crippen LogP contribution in [-0.2, 0) is 30.5 Å². The number of hydrogen-bond acceptors (Lipinski definition) is 4. The minimum absolute atomic E-state index is 0.0437. The Kier molecular flexibility index (Phi) is 5.62. The molecule has 0 atom stereocenters. The molecule has 1 aliphatic heterocycles. The monoisotopic (exact) mass is 416 g/mol. The molecule has 0 unspecified atom stereocenters. The molecule has 0 radical (unpaired) electrons. The molecule has 2 N–H and O–H groups in total. The first-order valence-corrected chi connectivity index (χ1v) is 11.1.